The van der Waals surface area contributed by atoms with Crippen molar-refractivity contribution in [3.05, 3.63) is 29.6 Å². The van der Waals surface area contributed by atoms with Gasteiger partial charge in [0.05, 0.1) is 11.6 Å². The smallest absolute Gasteiger partial charge is 0.334 e. The van der Waals surface area contributed by atoms with Gasteiger partial charge in [0.2, 0.25) is 0 Å². The van der Waals surface area contributed by atoms with Crippen LogP contribution in [0, 0.1) is 11.3 Å². The van der Waals surface area contributed by atoms with Crippen molar-refractivity contribution in [1.82, 2.24) is 10.3 Å². The molecule has 0 atom stereocenters. The van der Waals surface area contributed by atoms with Gasteiger partial charge >= 0.3 is 6.18 Å². The fourth-order valence-corrected chi connectivity index (χ4v) is 2.41. The number of carbonyl (C=O) groups is 1. The highest BCUT2D eigenvalue weighted by Gasteiger charge is 2.35. The molecule has 112 valence electrons. The largest absolute Gasteiger partial charge is 0.433 e. The van der Waals surface area contributed by atoms with Crippen LogP contribution in [-0.4, -0.2) is 16.4 Å². The molecule has 4 nitrogen and oxygen atoms in total. The molecule has 0 unspecified atom stereocenters. The number of aromatic nitrogens is 1. The van der Waals surface area contributed by atoms with Crippen LogP contribution in [0.15, 0.2) is 18.3 Å². The van der Waals surface area contributed by atoms with Crippen LogP contribution in [0.1, 0.15) is 48.2 Å². The Hall–Kier alpha value is -2.10. The predicted octanol–water partition coefficient (Wildman–Crippen LogP) is 3.06. The topological polar surface area (TPSA) is 65.8 Å². The van der Waals surface area contributed by atoms with E-state index >= 15 is 0 Å². The fourth-order valence-electron chi connectivity index (χ4n) is 2.41. The molecule has 0 radical (unpaired) electrons. The minimum absolute atomic E-state index is 0.0169. The highest BCUT2D eigenvalue weighted by Crippen LogP contribution is 2.29. The number of nitrogens with zero attached hydrogens (tertiary/aromatic N) is 2. The van der Waals surface area contributed by atoms with E-state index in [1.807, 2.05) is 0 Å². The van der Waals surface area contributed by atoms with Gasteiger partial charge in [0.25, 0.3) is 5.91 Å². The van der Waals surface area contributed by atoms with Gasteiger partial charge in [-0.2, -0.15) is 18.4 Å². The highest BCUT2D eigenvalue weighted by molar-refractivity contribution is 5.94. The average Bonchev–Trinajstić information content (AvgIpc) is 2.47. The number of nitriles is 1. The van der Waals surface area contributed by atoms with Crippen LogP contribution in [0.5, 0.6) is 0 Å². The standard InChI is InChI=1S/C14H14F3N3O/c15-14(16,17)11-5-4-10(8-19-11)12(21)20-13(9-18)6-2-1-3-7-13/h4-5,8H,1-3,6-7H2,(H,20,21). The molecule has 1 aromatic rings. The number of halogens is 3. The lowest BCUT2D eigenvalue weighted by Gasteiger charge is -2.31. The van der Waals surface area contributed by atoms with E-state index < -0.39 is 23.3 Å². The third-order valence-electron chi connectivity index (χ3n) is 3.59. The van der Waals surface area contributed by atoms with Crippen LogP contribution in [-0.2, 0) is 6.18 Å². The number of nitrogens with one attached hydrogen (secondary N) is 1. The summed E-state index contributed by atoms with van der Waals surface area (Å²) in [6, 6.07) is 3.95. The second-order valence-corrected chi connectivity index (χ2v) is 5.14. The summed E-state index contributed by atoms with van der Waals surface area (Å²) in [5, 5.41) is 11.9. The minimum Gasteiger partial charge on any atom is -0.334 e. The molecular weight excluding hydrogens is 283 g/mol. The van der Waals surface area contributed by atoms with E-state index in [0.29, 0.717) is 12.8 Å². The molecule has 1 aromatic heterocycles. The molecular formula is C14H14F3N3O. The van der Waals surface area contributed by atoms with E-state index in [-0.39, 0.29) is 5.56 Å². The molecule has 0 saturated heterocycles. The molecule has 1 aliphatic carbocycles. The number of rotatable bonds is 2. The van der Waals surface area contributed by atoms with Gasteiger partial charge in [-0.05, 0) is 25.0 Å². The van der Waals surface area contributed by atoms with Crippen LogP contribution in [0.3, 0.4) is 0 Å². The number of amides is 1. The summed E-state index contributed by atoms with van der Waals surface area (Å²) in [5.74, 6) is -0.570. The first kappa shape index (κ1) is 15.3. The number of hydrogen-bond acceptors (Lipinski definition) is 3. The molecule has 1 saturated carbocycles. The minimum atomic E-state index is -4.54. The maximum Gasteiger partial charge on any atom is 0.433 e. The molecule has 21 heavy (non-hydrogen) atoms. The summed E-state index contributed by atoms with van der Waals surface area (Å²) in [6.45, 7) is 0. The summed E-state index contributed by atoms with van der Waals surface area (Å²) < 4.78 is 37.2. The second kappa shape index (κ2) is 5.72. The zero-order valence-electron chi connectivity index (χ0n) is 11.2. The summed E-state index contributed by atoms with van der Waals surface area (Å²) in [7, 11) is 0. The lowest BCUT2D eigenvalue weighted by molar-refractivity contribution is -0.141. The van der Waals surface area contributed by atoms with E-state index in [9.17, 15) is 23.2 Å². The maximum atomic E-state index is 12.4. The molecule has 0 aliphatic heterocycles. The van der Waals surface area contributed by atoms with Crippen molar-refractivity contribution >= 4 is 5.91 Å². The number of carbonyl (C=O) groups excluding carboxylic acids is 1. The van der Waals surface area contributed by atoms with Gasteiger partial charge in [0.1, 0.15) is 11.2 Å². The van der Waals surface area contributed by atoms with Crippen molar-refractivity contribution in [1.29, 1.82) is 5.26 Å². The molecule has 1 N–H and O–H groups in total. The van der Waals surface area contributed by atoms with Gasteiger partial charge in [-0.3, -0.25) is 9.78 Å². The Kier molecular flexibility index (Phi) is 4.16. The SMILES string of the molecule is N#CC1(NC(=O)c2ccc(C(F)(F)F)nc2)CCCCC1. The van der Waals surface area contributed by atoms with E-state index in [1.165, 1.54) is 0 Å². The Morgan fingerprint density at radius 2 is 1.95 bits per heavy atom. The van der Waals surface area contributed by atoms with Crippen LogP contribution >= 0.6 is 0 Å². The van der Waals surface area contributed by atoms with Gasteiger partial charge in [-0.25, -0.2) is 0 Å². The van der Waals surface area contributed by atoms with E-state index in [0.717, 1.165) is 37.6 Å². The molecule has 1 aliphatic rings. The molecule has 1 heterocycles. The zero-order valence-corrected chi connectivity index (χ0v) is 11.2. The lowest BCUT2D eigenvalue weighted by atomic mass is 9.82. The van der Waals surface area contributed by atoms with Gasteiger partial charge in [-0.15, -0.1) is 0 Å². The van der Waals surface area contributed by atoms with Crippen molar-refractivity contribution in [2.24, 2.45) is 0 Å². The Balaban J connectivity index is 2.11. The van der Waals surface area contributed by atoms with Crippen molar-refractivity contribution < 1.29 is 18.0 Å². The van der Waals surface area contributed by atoms with Crippen molar-refractivity contribution in [2.45, 2.75) is 43.8 Å². The first-order chi connectivity index (χ1) is 9.86. The lowest BCUT2D eigenvalue weighted by Crippen LogP contribution is -2.48. The van der Waals surface area contributed by atoms with E-state index in [4.69, 9.17) is 0 Å². The molecule has 0 spiro atoms. The summed E-state index contributed by atoms with van der Waals surface area (Å²) in [5.41, 5.74) is -1.95. The Morgan fingerprint density at radius 3 is 2.43 bits per heavy atom. The summed E-state index contributed by atoms with van der Waals surface area (Å²) in [6.07, 6.45) is 0.171. The molecule has 1 fully saturated rings. The number of alkyl halides is 3. The second-order valence-electron chi connectivity index (χ2n) is 5.14. The average molecular weight is 297 g/mol. The third-order valence-corrected chi connectivity index (χ3v) is 3.59. The Labute approximate surface area is 120 Å². The van der Waals surface area contributed by atoms with Gasteiger partial charge in [0, 0.05) is 6.20 Å². The van der Waals surface area contributed by atoms with Crippen LogP contribution < -0.4 is 5.32 Å². The summed E-state index contributed by atoms with van der Waals surface area (Å²) in [4.78, 5) is 15.3. The zero-order chi connectivity index (χ0) is 15.5. The van der Waals surface area contributed by atoms with Crippen molar-refractivity contribution in [3.63, 3.8) is 0 Å². The van der Waals surface area contributed by atoms with Crippen LogP contribution in [0.4, 0.5) is 13.2 Å². The Bertz CT molecular complexity index is 554. The van der Waals surface area contributed by atoms with Crippen molar-refractivity contribution in [2.75, 3.05) is 0 Å². The molecule has 0 bridgehead atoms. The van der Waals surface area contributed by atoms with Gasteiger partial charge < -0.3 is 5.32 Å². The first-order valence-electron chi connectivity index (χ1n) is 6.63. The monoisotopic (exact) mass is 297 g/mol. The van der Waals surface area contributed by atoms with Crippen LogP contribution in [0.2, 0.25) is 0 Å². The number of pyridine rings is 1. The molecule has 2 rings (SSSR count). The van der Waals surface area contributed by atoms with E-state index in [2.05, 4.69) is 16.4 Å². The predicted molar refractivity (Wildman–Crippen MR) is 68.1 cm³/mol. The van der Waals surface area contributed by atoms with E-state index in [1.54, 1.807) is 0 Å². The summed E-state index contributed by atoms with van der Waals surface area (Å²) >= 11 is 0. The Morgan fingerprint density at radius 1 is 1.29 bits per heavy atom. The number of hydrogen-bond donors (Lipinski definition) is 1. The molecule has 1 amide bonds. The van der Waals surface area contributed by atoms with Gasteiger partial charge in [0.15, 0.2) is 0 Å². The first-order valence-corrected chi connectivity index (χ1v) is 6.63. The van der Waals surface area contributed by atoms with Crippen LogP contribution in [0.25, 0.3) is 0 Å². The molecule has 7 heteroatoms. The quantitative estimate of drug-likeness (QED) is 0.912. The maximum absolute atomic E-state index is 12.4. The van der Waals surface area contributed by atoms with Crippen molar-refractivity contribution in [3.8, 4) is 6.07 Å². The third kappa shape index (κ3) is 3.51. The molecule has 0 aromatic carbocycles. The fraction of sp³-hybridized carbons (Fsp3) is 0.500. The highest BCUT2D eigenvalue weighted by atomic mass is 19.4. The normalized spacial score (nSPS) is 17.8. The van der Waals surface area contributed by atoms with Gasteiger partial charge in [-0.1, -0.05) is 19.3 Å².